The molecule has 0 aromatic carbocycles. The summed E-state index contributed by atoms with van der Waals surface area (Å²) in [7, 11) is 0. The molecule has 0 unspecified atom stereocenters. The molecule has 0 bridgehead atoms. The van der Waals surface area contributed by atoms with Crippen LogP contribution in [0.25, 0.3) is 0 Å². The van der Waals surface area contributed by atoms with E-state index in [1.165, 1.54) is 103 Å². The normalized spacial score (nSPS) is 10.6. The summed E-state index contributed by atoms with van der Waals surface area (Å²) in [6, 6.07) is 0. The van der Waals surface area contributed by atoms with Gasteiger partial charge in [0, 0.05) is 29.6 Å². The topological polar surface area (TPSA) is 52.6 Å². The molecule has 0 aromatic rings. The van der Waals surface area contributed by atoms with Gasteiger partial charge in [0.1, 0.15) is 0 Å². The van der Waals surface area contributed by atoms with Gasteiger partial charge >= 0.3 is 11.9 Å². The summed E-state index contributed by atoms with van der Waals surface area (Å²) >= 11 is 0. The molecule has 0 aliphatic heterocycles. The molecule has 5 heteroatoms. The third kappa shape index (κ3) is 29.9. The Hall–Kier alpha value is -0.0600. The van der Waals surface area contributed by atoms with E-state index in [9.17, 15) is 9.59 Å². The number of carbonyl (C=O) groups excluding carboxylic acids is 2. The first-order chi connectivity index (χ1) is 15.7. The SMILES string of the molecule is CCCCCCCCCCCCOC(=O)CCC(=O)OCCCCCCCCCCCC.[Na]. The molecule has 33 heavy (non-hydrogen) atoms. The summed E-state index contributed by atoms with van der Waals surface area (Å²) in [6.45, 7) is 5.45. The van der Waals surface area contributed by atoms with Crippen LogP contribution < -0.4 is 0 Å². The average molecular weight is 478 g/mol. The Morgan fingerprint density at radius 1 is 0.424 bits per heavy atom. The van der Waals surface area contributed by atoms with E-state index in [-0.39, 0.29) is 54.3 Å². The van der Waals surface area contributed by atoms with Gasteiger partial charge in [0.05, 0.1) is 26.1 Å². The number of esters is 2. The van der Waals surface area contributed by atoms with E-state index in [2.05, 4.69) is 13.8 Å². The Morgan fingerprint density at radius 2 is 0.667 bits per heavy atom. The molecule has 0 aliphatic carbocycles. The van der Waals surface area contributed by atoms with Crippen molar-refractivity contribution in [3.63, 3.8) is 0 Å². The van der Waals surface area contributed by atoms with Crippen LogP contribution >= 0.6 is 0 Å². The van der Waals surface area contributed by atoms with Gasteiger partial charge < -0.3 is 9.47 Å². The molecular formula is C28H54NaO4. The van der Waals surface area contributed by atoms with Gasteiger partial charge in [0.15, 0.2) is 0 Å². The van der Waals surface area contributed by atoms with Crippen LogP contribution in [0.5, 0.6) is 0 Å². The Morgan fingerprint density at radius 3 is 0.939 bits per heavy atom. The van der Waals surface area contributed by atoms with E-state index >= 15 is 0 Å². The molecule has 0 saturated heterocycles. The van der Waals surface area contributed by atoms with E-state index in [0.29, 0.717) is 13.2 Å². The van der Waals surface area contributed by atoms with Gasteiger partial charge in [-0.1, -0.05) is 129 Å². The maximum atomic E-state index is 11.7. The predicted octanol–water partition coefficient (Wildman–Crippen LogP) is 8.31. The Bertz CT molecular complexity index is 377. The van der Waals surface area contributed by atoms with Crippen LogP contribution in [-0.2, 0) is 19.1 Å². The molecule has 0 aliphatic rings. The van der Waals surface area contributed by atoms with Crippen molar-refractivity contribution in [2.24, 2.45) is 0 Å². The molecular weight excluding hydrogens is 423 g/mol. The fourth-order valence-corrected chi connectivity index (χ4v) is 3.90. The summed E-state index contributed by atoms with van der Waals surface area (Å²) in [5.74, 6) is -0.561. The van der Waals surface area contributed by atoms with Crippen molar-refractivity contribution in [2.45, 2.75) is 155 Å². The number of carbonyl (C=O) groups is 2. The Kier molecular flexibility index (Phi) is 31.9. The second-order valence-electron chi connectivity index (χ2n) is 9.30. The van der Waals surface area contributed by atoms with Crippen molar-refractivity contribution in [3.8, 4) is 0 Å². The molecule has 191 valence electrons. The number of unbranched alkanes of at least 4 members (excludes halogenated alkanes) is 18. The third-order valence-corrected chi connectivity index (χ3v) is 6.06. The first kappa shape index (κ1) is 35.1. The zero-order chi connectivity index (χ0) is 23.5. The average Bonchev–Trinajstić information content (AvgIpc) is 2.79. The summed E-state index contributed by atoms with van der Waals surface area (Å²) < 4.78 is 10.5. The minimum atomic E-state index is -0.281. The van der Waals surface area contributed by atoms with Crippen molar-refractivity contribution < 1.29 is 19.1 Å². The van der Waals surface area contributed by atoms with Crippen LogP contribution in [0.15, 0.2) is 0 Å². The first-order valence-corrected chi connectivity index (χ1v) is 14.0. The van der Waals surface area contributed by atoms with E-state index in [4.69, 9.17) is 9.47 Å². The molecule has 0 saturated carbocycles. The van der Waals surface area contributed by atoms with Gasteiger partial charge in [-0.3, -0.25) is 9.59 Å². The van der Waals surface area contributed by atoms with Crippen LogP contribution in [0.4, 0.5) is 0 Å². The minimum Gasteiger partial charge on any atom is -0.466 e. The summed E-state index contributed by atoms with van der Waals surface area (Å²) in [5, 5.41) is 0. The molecule has 0 spiro atoms. The number of hydrogen-bond donors (Lipinski definition) is 0. The Labute approximate surface area is 228 Å². The van der Waals surface area contributed by atoms with E-state index < -0.39 is 0 Å². The molecule has 0 fully saturated rings. The minimum absolute atomic E-state index is 0. The number of rotatable bonds is 25. The maximum Gasteiger partial charge on any atom is 0.306 e. The van der Waals surface area contributed by atoms with Crippen molar-refractivity contribution in [1.82, 2.24) is 0 Å². The first-order valence-electron chi connectivity index (χ1n) is 14.0. The zero-order valence-corrected chi connectivity index (χ0v) is 24.6. The fraction of sp³-hybridized carbons (Fsp3) is 0.929. The van der Waals surface area contributed by atoms with E-state index in [1.807, 2.05) is 0 Å². The third-order valence-electron chi connectivity index (χ3n) is 6.06. The second-order valence-corrected chi connectivity index (χ2v) is 9.30. The van der Waals surface area contributed by atoms with Crippen molar-refractivity contribution in [1.29, 1.82) is 0 Å². The molecule has 1 radical (unpaired) electrons. The molecule has 0 rings (SSSR count). The van der Waals surface area contributed by atoms with Gasteiger partial charge in [-0.05, 0) is 12.8 Å². The molecule has 0 heterocycles. The smallest absolute Gasteiger partial charge is 0.306 e. The molecule has 0 atom stereocenters. The monoisotopic (exact) mass is 477 g/mol. The summed E-state index contributed by atoms with van der Waals surface area (Å²) in [5.41, 5.74) is 0. The summed E-state index contributed by atoms with van der Waals surface area (Å²) in [6.07, 6.45) is 25.5. The molecule has 4 nitrogen and oxygen atoms in total. The van der Waals surface area contributed by atoms with Gasteiger partial charge in [-0.25, -0.2) is 0 Å². The van der Waals surface area contributed by atoms with Crippen LogP contribution in [0.3, 0.4) is 0 Å². The van der Waals surface area contributed by atoms with Crippen molar-refractivity contribution in [3.05, 3.63) is 0 Å². The standard InChI is InChI=1S/C28H54O4.Na/c1-3-5-7-9-11-13-15-17-19-21-25-31-27(29)23-24-28(30)32-26-22-20-18-16-14-12-10-8-6-4-2;/h3-26H2,1-2H3;. The van der Waals surface area contributed by atoms with E-state index in [1.54, 1.807) is 0 Å². The number of ether oxygens (including phenoxy) is 2. The van der Waals surface area contributed by atoms with Crippen LogP contribution in [0.1, 0.15) is 155 Å². The van der Waals surface area contributed by atoms with Crippen LogP contribution in [0.2, 0.25) is 0 Å². The maximum absolute atomic E-state index is 11.7. The predicted molar refractivity (Wildman–Crippen MR) is 141 cm³/mol. The van der Waals surface area contributed by atoms with Gasteiger partial charge in [-0.15, -0.1) is 0 Å². The van der Waals surface area contributed by atoms with Gasteiger partial charge in [-0.2, -0.15) is 0 Å². The molecule has 0 aromatic heterocycles. The fourth-order valence-electron chi connectivity index (χ4n) is 3.90. The Balaban J connectivity index is 0. The molecule has 0 amide bonds. The second kappa shape index (κ2) is 30.0. The van der Waals surface area contributed by atoms with Gasteiger partial charge in [0.2, 0.25) is 0 Å². The van der Waals surface area contributed by atoms with Crippen LogP contribution in [-0.4, -0.2) is 54.7 Å². The molecule has 0 N–H and O–H groups in total. The van der Waals surface area contributed by atoms with Crippen LogP contribution in [0, 0.1) is 0 Å². The summed E-state index contributed by atoms with van der Waals surface area (Å²) in [4.78, 5) is 23.5. The van der Waals surface area contributed by atoms with E-state index in [0.717, 1.165) is 25.7 Å². The number of hydrogen-bond acceptors (Lipinski definition) is 4. The quantitative estimate of drug-likeness (QED) is 0.0753. The van der Waals surface area contributed by atoms with Crippen molar-refractivity contribution >= 4 is 41.5 Å². The van der Waals surface area contributed by atoms with Gasteiger partial charge in [0.25, 0.3) is 0 Å². The zero-order valence-electron chi connectivity index (χ0n) is 22.6. The largest absolute Gasteiger partial charge is 0.466 e. The van der Waals surface area contributed by atoms with Crippen molar-refractivity contribution in [2.75, 3.05) is 13.2 Å².